The van der Waals surface area contributed by atoms with Gasteiger partial charge in [-0.05, 0) is 25.3 Å². The Labute approximate surface area is 55.8 Å². The summed E-state index contributed by atoms with van der Waals surface area (Å²) in [6.07, 6.45) is 4.08. The molecule has 0 radical (unpaired) electrons. The summed E-state index contributed by atoms with van der Waals surface area (Å²) in [6, 6.07) is 1.18. The van der Waals surface area contributed by atoms with Gasteiger partial charge < -0.3 is 11.1 Å². The second-order valence-corrected chi connectivity index (χ2v) is 3.22. The zero-order chi connectivity index (χ0) is 6.27. The molecule has 2 heteroatoms. The third-order valence-electron chi connectivity index (χ3n) is 2.57. The van der Waals surface area contributed by atoms with E-state index in [1.807, 2.05) is 0 Å². The number of rotatable bonds is 0. The SMILES string of the molecule is N[C@H]1[C@H]2CCCCN[C@@H]12. The van der Waals surface area contributed by atoms with Crippen LogP contribution in [-0.4, -0.2) is 18.6 Å². The fourth-order valence-corrected chi connectivity index (χ4v) is 1.83. The van der Waals surface area contributed by atoms with Crippen molar-refractivity contribution in [2.75, 3.05) is 6.54 Å². The number of nitrogens with two attached hydrogens (primary N) is 1. The molecule has 9 heavy (non-hydrogen) atoms. The second-order valence-electron chi connectivity index (χ2n) is 3.22. The van der Waals surface area contributed by atoms with Gasteiger partial charge in [0.2, 0.25) is 0 Å². The summed E-state index contributed by atoms with van der Waals surface area (Å²) in [5.41, 5.74) is 5.78. The first kappa shape index (κ1) is 5.69. The molecule has 3 N–H and O–H groups in total. The van der Waals surface area contributed by atoms with Crippen LogP contribution in [0.25, 0.3) is 0 Å². The summed E-state index contributed by atoms with van der Waals surface area (Å²) in [5, 5.41) is 3.44. The van der Waals surface area contributed by atoms with Crippen molar-refractivity contribution in [1.82, 2.24) is 5.32 Å². The zero-order valence-electron chi connectivity index (χ0n) is 5.64. The van der Waals surface area contributed by atoms with Gasteiger partial charge in [0.05, 0.1) is 0 Å². The predicted molar refractivity (Wildman–Crippen MR) is 37.1 cm³/mol. The first-order valence-corrected chi connectivity index (χ1v) is 3.88. The van der Waals surface area contributed by atoms with Gasteiger partial charge in [-0.25, -0.2) is 0 Å². The molecule has 1 saturated carbocycles. The van der Waals surface area contributed by atoms with Crippen LogP contribution < -0.4 is 11.1 Å². The average Bonchev–Trinajstić information content (AvgIpc) is 2.51. The van der Waals surface area contributed by atoms with E-state index in [1.54, 1.807) is 0 Å². The lowest BCUT2D eigenvalue weighted by atomic mass is 10.2. The standard InChI is InChI=1S/C7H14N2/c8-6-5-3-1-2-4-9-7(5)6/h5-7,9H,1-4,8H2/t5-,6+,7-/m1/s1. The highest BCUT2D eigenvalue weighted by Gasteiger charge is 2.46. The van der Waals surface area contributed by atoms with Gasteiger partial charge in [0, 0.05) is 12.1 Å². The van der Waals surface area contributed by atoms with Gasteiger partial charge in [-0.3, -0.25) is 0 Å². The van der Waals surface area contributed by atoms with Gasteiger partial charge in [-0.15, -0.1) is 0 Å². The van der Waals surface area contributed by atoms with Crippen molar-refractivity contribution in [2.45, 2.75) is 31.3 Å². The van der Waals surface area contributed by atoms with Gasteiger partial charge in [0.25, 0.3) is 0 Å². The Morgan fingerprint density at radius 3 is 3.11 bits per heavy atom. The van der Waals surface area contributed by atoms with Crippen molar-refractivity contribution in [3.05, 3.63) is 0 Å². The monoisotopic (exact) mass is 126 g/mol. The number of nitrogens with one attached hydrogen (secondary N) is 1. The molecule has 2 nitrogen and oxygen atoms in total. The van der Waals surface area contributed by atoms with E-state index in [2.05, 4.69) is 5.32 Å². The molecular weight excluding hydrogens is 112 g/mol. The van der Waals surface area contributed by atoms with Gasteiger partial charge >= 0.3 is 0 Å². The Morgan fingerprint density at radius 2 is 2.22 bits per heavy atom. The summed E-state index contributed by atoms with van der Waals surface area (Å²) < 4.78 is 0. The minimum Gasteiger partial charge on any atom is -0.326 e. The summed E-state index contributed by atoms with van der Waals surface area (Å²) in [6.45, 7) is 1.19. The lowest BCUT2D eigenvalue weighted by Gasteiger charge is -1.97. The normalized spacial score (nSPS) is 49.7. The van der Waals surface area contributed by atoms with Crippen LogP contribution in [-0.2, 0) is 0 Å². The molecule has 2 aliphatic rings. The fourth-order valence-electron chi connectivity index (χ4n) is 1.83. The minimum atomic E-state index is 0.491. The van der Waals surface area contributed by atoms with E-state index in [9.17, 15) is 0 Å². The Morgan fingerprint density at radius 1 is 1.33 bits per heavy atom. The zero-order valence-corrected chi connectivity index (χ0v) is 5.64. The van der Waals surface area contributed by atoms with Crippen molar-refractivity contribution in [1.29, 1.82) is 0 Å². The molecule has 0 bridgehead atoms. The second kappa shape index (κ2) is 1.96. The highest BCUT2D eigenvalue weighted by Crippen LogP contribution is 2.35. The molecule has 1 aliphatic carbocycles. The highest BCUT2D eigenvalue weighted by atomic mass is 15.0. The van der Waals surface area contributed by atoms with Crippen LogP contribution in [0.3, 0.4) is 0 Å². The summed E-state index contributed by atoms with van der Waals surface area (Å²) >= 11 is 0. The van der Waals surface area contributed by atoms with Crippen LogP contribution in [0.5, 0.6) is 0 Å². The van der Waals surface area contributed by atoms with Crippen molar-refractivity contribution in [2.24, 2.45) is 11.7 Å². The van der Waals surface area contributed by atoms with E-state index >= 15 is 0 Å². The lowest BCUT2D eigenvalue weighted by molar-refractivity contribution is 0.629. The highest BCUT2D eigenvalue weighted by molar-refractivity contribution is 5.07. The fraction of sp³-hybridized carbons (Fsp3) is 1.00. The Bertz CT molecular complexity index is 101. The van der Waals surface area contributed by atoms with Crippen LogP contribution in [0.1, 0.15) is 19.3 Å². The van der Waals surface area contributed by atoms with Crippen LogP contribution in [0.15, 0.2) is 0 Å². The first-order valence-electron chi connectivity index (χ1n) is 3.88. The molecule has 0 aromatic rings. The quantitative estimate of drug-likeness (QED) is 0.482. The summed E-state index contributed by atoms with van der Waals surface area (Å²) in [5.74, 6) is 0.826. The van der Waals surface area contributed by atoms with E-state index in [0.29, 0.717) is 12.1 Å². The Balaban J connectivity index is 1.93. The van der Waals surface area contributed by atoms with Gasteiger partial charge in [-0.1, -0.05) is 6.42 Å². The van der Waals surface area contributed by atoms with Crippen molar-refractivity contribution in [3.63, 3.8) is 0 Å². The Hall–Kier alpha value is -0.0800. The van der Waals surface area contributed by atoms with E-state index in [1.165, 1.54) is 25.8 Å². The van der Waals surface area contributed by atoms with Crippen LogP contribution >= 0.6 is 0 Å². The van der Waals surface area contributed by atoms with E-state index in [0.717, 1.165) is 5.92 Å². The first-order chi connectivity index (χ1) is 4.39. The van der Waals surface area contributed by atoms with E-state index in [-0.39, 0.29) is 0 Å². The van der Waals surface area contributed by atoms with E-state index in [4.69, 9.17) is 5.73 Å². The average molecular weight is 126 g/mol. The molecular formula is C7H14N2. The largest absolute Gasteiger partial charge is 0.326 e. The topological polar surface area (TPSA) is 38.0 Å². The third-order valence-corrected chi connectivity index (χ3v) is 2.57. The molecule has 52 valence electrons. The lowest BCUT2D eigenvalue weighted by Crippen LogP contribution is -2.23. The maximum atomic E-state index is 5.78. The molecule has 0 amide bonds. The van der Waals surface area contributed by atoms with Crippen molar-refractivity contribution < 1.29 is 0 Å². The summed E-state index contributed by atoms with van der Waals surface area (Å²) in [7, 11) is 0. The number of hydrogen-bond donors (Lipinski definition) is 2. The van der Waals surface area contributed by atoms with Crippen LogP contribution in [0.2, 0.25) is 0 Å². The van der Waals surface area contributed by atoms with Gasteiger partial charge in [0.1, 0.15) is 0 Å². The maximum Gasteiger partial charge on any atom is 0.0265 e. The Kier molecular flexibility index (Phi) is 1.24. The predicted octanol–water partition coefficient (Wildman–Crippen LogP) is 0.0856. The molecule has 1 heterocycles. The van der Waals surface area contributed by atoms with Gasteiger partial charge in [-0.2, -0.15) is 0 Å². The van der Waals surface area contributed by atoms with Crippen LogP contribution in [0.4, 0.5) is 0 Å². The molecule has 1 aliphatic heterocycles. The number of hydrogen-bond acceptors (Lipinski definition) is 2. The minimum absolute atomic E-state index is 0.491. The molecule has 3 atom stereocenters. The molecule has 1 saturated heterocycles. The van der Waals surface area contributed by atoms with Crippen molar-refractivity contribution >= 4 is 0 Å². The maximum absolute atomic E-state index is 5.78. The molecule has 2 rings (SSSR count). The third kappa shape index (κ3) is 0.864. The number of fused-ring (bicyclic) bond motifs is 1. The van der Waals surface area contributed by atoms with Crippen molar-refractivity contribution in [3.8, 4) is 0 Å². The molecule has 0 aromatic heterocycles. The smallest absolute Gasteiger partial charge is 0.0265 e. The van der Waals surface area contributed by atoms with Gasteiger partial charge in [0.15, 0.2) is 0 Å². The molecule has 0 spiro atoms. The molecule has 2 fully saturated rings. The summed E-state index contributed by atoms with van der Waals surface area (Å²) in [4.78, 5) is 0. The van der Waals surface area contributed by atoms with Crippen LogP contribution in [0, 0.1) is 5.92 Å². The molecule has 0 aromatic carbocycles. The van der Waals surface area contributed by atoms with E-state index < -0.39 is 0 Å². The molecule has 0 unspecified atom stereocenters.